The minimum absolute atomic E-state index is 0.261. The molecule has 1 aromatic rings. The number of nitrogens with zero attached hydrogens (tertiary/aromatic N) is 1. The zero-order valence-corrected chi connectivity index (χ0v) is 12.4. The van der Waals surface area contributed by atoms with Crippen molar-refractivity contribution in [3.05, 3.63) is 21.9 Å². The maximum Gasteiger partial charge on any atom is 0.231 e. The first kappa shape index (κ1) is 15.0. The topological polar surface area (TPSA) is 72.3 Å². The Morgan fingerprint density at radius 3 is 2.85 bits per heavy atom. The smallest absolute Gasteiger partial charge is 0.231 e. The second kappa shape index (κ2) is 7.44. The first-order valence-electron chi connectivity index (χ1n) is 6.98. The number of nitrogens with two attached hydrogens (primary N) is 2. The Balaban J connectivity index is 2.10. The zero-order chi connectivity index (χ0) is 14.4. The van der Waals surface area contributed by atoms with Gasteiger partial charge >= 0.3 is 0 Å². The van der Waals surface area contributed by atoms with E-state index < -0.39 is 0 Å². The molecule has 4 N–H and O–H groups in total. The average Bonchev–Trinajstić information content (AvgIpc) is 3.06. The van der Waals surface area contributed by atoms with Crippen molar-refractivity contribution in [2.45, 2.75) is 38.3 Å². The average molecular weight is 291 g/mol. The third kappa shape index (κ3) is 4.07. The highest BCUT2D eigenvalue weighted by Gasteiger charge is 2.24. The van der Waals surface area contributed by atoms with E-state index in [0.717, 1.165) is 24.9 Å². The highest BCUT2D eigenvalue weighted by molar-refractivity contribution is 7.10. The molecule has 0 saturated heterocycles. The standard InChI is InChI=1S/C15H21N3OS/c16-8-3-4-12-7-9-20-14(12)10-18(11-15(17)19)13-5-1-2-6-13/h7,9,13H,1-2,5-6,8,10-11,16H2,(H2,17,19). The van der Waals surface area contributed by atoms with Crippen LogP contribution in [0.4, 0.5) is 0 Å². The van der Waals surface area contributed by atoms with Gasteiger partial charge in [-0.2, -0.15) is 0 Å². The molecule has 0 radical (unpaired) electrons. The number of hydrogen-bond acceptors (Lipinski definition) is 4. The Kier molecular flexibility index (Phi) is 5.60. The Morgan fingerprint density at radius 2 is 2.20 bits per heavy atom. The van der Waals surface area contributed by atoms with Gasteiger partial charge in [0.05, 0.1) is 13.1 Å². The molecule has 0 unspecified atom stereocenters. The van der Waals surface area contributed by atoms with Crippen LogP contribution in [0, 0.1) is 11.8 Å². The van der Waals surface area contributed by atoms with Crippen LogP contribution in [-0.2, 0) is 11.3 Å². The van der Waals surface area contributed by atoms with Crippen LogP contribution < -0.4 is 11.5 Å². The van der Waals surface area contributed by atoms with Gasteiger partial charge in [-0.1, -0.05) is 24.7 Å². The lowest BCUT2D eigenvalue weighted by Crippen LogP contribution is -2.39. The number of carbonyl (C=O) groups excluding carboxylic acids is 1. The van der Waals surface area contributed by atoms with Gasteiger partial charge in [0.1, 0.15) is 0 Å². The van der Waals surface area contributed by atoms with Crippen molar-refractivity contribution in [2.24, 2.45) is 11.5 Å². The lowest BCUT2D eigenvalue weighted by molar-refractivity contribution is -0.119. The van der Waals surface area contributed by atoms with E-state index >= 15 is 0 Å². The highest BCUT2D eigenvalue weighted by Crippen LogP contribution is 2.26. The monoisotopic (exact) mass is 291 g/mol. The molecule has 0 spiro atoms. The largest absolute Gasteiger partial charge is 0.369 e. The van der Waals surface area contributed by atoms with Crippen molar-refractivity contribution >= 4 is 17.2 Å². The lowest BCUT2D eigenvalue weighted by Gasteiger charge is -2.27. The Morgan fingerprint density at radius 1 is 1.45 bits per heavy atom. The Bertz CT molecular complexity index is 509. The molecule has 2 rings (SSSR count). The Hall–Kier alpha value is -1.35. The maximum absolute atomic E-state index is 11.3. The summed E-state index contributed by atoms with van der Waals surface area (Å²) in [6.45, 7) is 1.44. The van der Waals surface area contributed by atoms with Gasteiger partial charge in [0.15, 0.2) is 0 Å². The summed E-state index contributed by atoms with van der Waals surface area (Å²) in [6.07, 6.45) is 4.79. The van der Waals surface area contributed by atoms with Crippen LogP contribution in [-0.4, -0.2) is 29.9 Å². The number of amides is 1. The predicted octanol–water partition coefficient (Wildman–Crippen LogP) is 1.29. The third-order valence-corrected chi connectivity index (χ3v) is 4.52. The molecule has 1 heterocycles. The molecule has 108 valence electrons. The second-order valence-corrected chi connectivity index (χ2v) is 6.07. The first-order valence-corrected chi connectivity index (χ1v) is 7.86. The maximum atomic E-state index is 11.3. The molecular formula is C15H21N3OS. The number of carbonyl (C=O) groups is 1. The van der Waals surface area contributed by atoms with Gasteiger partial charge in [0.2, 0.25) is 5.91 Å². The molecule has 1 aromatic heterocycles. The van der Waals surface area contributed by atoms with Crippen LogP contribution in [0.5, 0.6) is 0 Å². The van der Waals surface area contributed by atoms with Crippen molar-refractivity contribution in [3.8, 4) is 11.8 Å². The molecule has 1 saturated carbocycles. The number of primary amides is 1. The van der Waals surface area contributed by atoms with Crippen LogP contribution in [0.15, 0.2) is 11.4 Å². The van der Waals surface area contributed by atoms with Crippen LogP contribution in [0.3, 0.4) is 0 Å². The molecule has 20 heavy (non-hydrogen) atoms. The third-order valence-electron chi connectivity index (χ3n) is 3.62. The van der Waals surface area contributed by atoms with E-state index in [1.807, 2.05) is 11.4 Å². The molecule has 0 aliphatic heterocycles. The quantitative estimate of drug-likeness (QED) is 0.803. The minimum Gasteiger partial charge on any atom is -0.369 e. The van der Waals surface area contributed by atoms with E-state index in [1.165, 1.54) is 17.7 Å². The van der Waals surface area contributed by atoms with Gasteiger partial charge in [0.25, 0.3) is 0 Å². The zero-order valence-electron chi connectivity index (χ0n) is 11.6. The summed E-state index contributed by atoms with van der Waals surface area (Å²) < 4.78 is 0. The van der Waals surface area contributed by atoms with Gasteiger partial charge in [-0.3, -0.25) is 9.69 Å². The van der Waals surface area contributed by atoms with Gasteiger partial charge in [-0.05, 0) is 24.3 Å². The lowest BCUT2D eigenvalue weighted by atomic mass is 10.2. The predicted molar refractivity (Wildman–Crippen MR) is 82.1 cm³/mol. The highest BCUT2D eigenvalue weighted by atomic mass is 32.1. The fourth-order valence-corrected chi connectivity index (χ4v) is 3.54. The van der Waals surface area contributed by atoms with Crippen molar-refractivity contribution in [3.63, 3.8) is 0 Å². The number of rotatable bonds is 5. The second-order valence-electron chi connectivity index (χ2n) is 5.07. The van der Waals surface area contributed by atoms with Crippen LogP contribution >= 0.6 is 11.3 Å². The van der Waals surface area contributed by atoms with Gasteiger partial charge in [-0.25, -0.2) is 0 Å². The fraction of sp³-hybridized carbons (Fsp3) is 0.533. The summed E-state index contributed by atoms with van der Waals surface area (Å²) in [7, 11) is 0. The summed E-state index contributed by atoms with van der Waals surface area (Å²) in [6, 6.07) is 2.49. The van der Waals surface area contributed by atoms with Crippen molar-refractivity contribution in [1.29, 1.82) is 0 Å². The normalized spacial score (nSPS) is 15.3. The van der Waals surface area contributed by atoms with E-state index in [0.29, 0.717) is 19.1 Å². The molecule has 1 aliphatic rings. The molecule has 0 bridgehead atoms. The van der Waals surface area contributed by atoms with Crippen LogP contribution in [0.1, 0.15) is 36.1 Å². The van der Waals surface area contributed by atoms with E-state index in [9.17, 15) is 4.79 Å². The number of thiophene rings is 1. The van der Waals surface area contributed by atoms with E-state index in [2.05, 4.69) is 16.7 Å². The summed E-state index contributed by atoms with van der Waals surface area (Å²) in [5.74, 6) is 5.72. The Labute approximate surface area is 124 Å². The summed E-state index contributed by atoms with van der Waals surface area (Å²) in [5, 5.41) is 2.03. The van der Waals surface area contributed by atoms with Gasteiger partial charge < -0.3 is 11.5 Å². The summed E-state index contributed by atoms with van der Waals surface area (Å²) in [4.78, 5) is 14.7. The molecule has 5 heteroatoms. The van der Waals surface area contributed by atoms with Crippen molar-refractivity contribution in [1.82, 2.24) is 4.90 Å². The summed E-state index contributed by atoms with van der Waals surface area (Å²) >= 11 is 1.68. The van der Waals surface area contributed by atoms with E-state index in [4.69, 9.17) is 11.5 Å². The molecule has 1 aliphatic carbocycles. The van der Waals surface area contributed by atoms with Crippen LogP contribution in [0.25, 0.3) is 0 Å². The summed E-state index contributed by atoms with van der Waals surface area (Å²) in [5.41, 5.74) is 11.8. The SMILES string of the molecule is NCC#Cc1ccsc1CN(CC(N)=O)C1CCCC1. The molecule has 0 atom stereocenters. The fourth-order valence-electron chi connectivity index (χ4n) is 2.69. The van der Waals surface area contributed by atoms with Gasteiger partial charge in [-0.15, -0.1) is 11.3 Å². The molecular weight excluding hydrogens is 270 g/mol. The minimum atomic E-state index is -0.261. The molecule has 1 fully saturated rings. The molecule has 4 nitrogen and oxygen atoms in total. The van der Waals surface area contributed by atoms with Gasteiger partial charge in [0, 0.05) is 23.0 Å². The van der Waals surface area contributed by atoms with Crippen molar-refractivity contribution in [2.75, 3.05) is 13.1 Å². The number of hydrogen-bond donors (Lipinski definition) is 2. The molecule has 1 amide bonds. The molecule has 0 aromatic carbocycles. The van der Waals surface area contributed by atoms with Crippen molar-refractivity contribution < 1.29 is 4.79 Å². The first-order chi connectivity index (χ1) is 9.70. The van der Waals surface area contributed by atoms with E-state index in [-0.39, 0.29) is 5.91 Å². The van der Waals surface area contributed by atoms with Crippen LogP contribution in [0.2, 0.25) is 0 Å². The van der Waals surface area contributed by atoms with E-state index in [1.54, 1.807) is 11.3 Å².